The fourth-order valence-corrected chi connectivity index (χ4v) is 5.78. The Bertz CT molecular complexity index is 1540. The van der Waals surface area contributed by atoms with Gasteiger partial charge in [-0.3, -0.25) is 9.48 Å². The number of nitrogens with zero attached hydrogens (tertiary/aromatic N) is 4. The number of carbonyl (C=O) groups excluding carboxylic acids is 1. The molecule has 35 heavy (non-hydrogen) atoms. The molecule has 0 radical (unpaired) electrons. The molecule has 0 saturated carbocycles. The van der Waals surface area contributed by atoms with Crippen molar-refractivity contribution in [3.63, 3.8) is 0 Å². The summed E-state index contributed by atoms with van der Waals surface area (Å²) in [5.41, 5.74) is 8.20. The second-order valence-corrected chi connectivity index (χ2v) is 10.1. The Kier molecular flexibility index (Phi) is 5.54. The Morgan fingerprint density at radius 3 is 2.91 bits per heavy atom. The molecular weight excluding hydrogens is 458 g/mol. The summed E-state index contributed by atoms with van der Waals surface area (Å²) in [6.45, 7) is 3.47. The van der Waals surface area contributed by atoms with Gasteiger partial charge >= 0.3 is 0 Å². The van der Waals surface area contributed by atoms with Crippen LogP contribution in [-0.2, 0) is 31.2 Å². The van der Waals surface area contributed by atoms with Crippen LogP contribution in [0.2, 0.25) is 0 Å². The Morgan fingerprint density at radius 2 is 2.11 bits per heavy atom. The number of thiophene rings is 1. The summed E-state index contributed by atoms with van der Waals surface area (Å²) < 4.78 is 7.29. The van der Waals surface area contributed by atoms with E-state index >= 15 is 0 Å². The molecular formula is C27H25N5O2S. The van der Waals surface area contributed by atoms with Crippen LogP contribution in [-0.4, -0.2) is 37.1 Å². The molecule has 6 rings (SSSR count). The van der Waals surface area contributed by atoms with Crippen LogP contribution in [0, 0.1) is 6.92 Å². The summed E-state index contributed by atoms with van der Waals surface area (Å²) in [5, 5.41) is 5.23. The normalized spacial score (nSPS) is 13.3. The molecule has 176 valence electrons. The minimum Gasteiger partial charge on any atom is -0.376 e. The van der Waals surface area contributed by atoms with E-state index in [0.717, 1.165) is 63.4 Å². The average Bonchev–Trinajstić information content (AvgIpc) is 3.60. The van der Waals surface area contributed by atoms with E-state index in [1.165, 1.54) is 16.0 Å². The lowest BCUT2D eigenvalue weighted by Crippen LogP contribution is -2.05. The smallest absolute Gasteiger partial charge is 0.173 e. The molecule has 1 aromatic carbocycles. The molecule has 1 N–H and O–H groups in total. The van der Waals surface area contributed by atoms with Crippen LogP contribution in [0.5, 0.6) is 0 Å². The van der Waals surface area contributed by atoms with Crippen molar-refractivity contribution in [2.24, 2.45) is 7.05 Å². The molecule has 0 saturated heterocycles. The Balaban J connectivity index is 1.22. The number of ether oxygens (including phenoxy) is 1. The number of H-pyrrole nitrogens is 1. The molecule has 5 aromatic rings. The molecule has 0 spiro atoms. The number of hydrogen-bond acceptors (Lipinski definition) is 6. The zero-order valence-electron chi connectivity index (χ0n) is 19.7. The lowest BCUT2D eigenvalue weighted by Gasteiger charge is -2.10. The second kappa shape index (κ2) is 8.87. The highest BCUT2D eigenvalue weighted by molar-refractivity contribution is 7.14. The Hall–Kier alpha value is -3.62. The first kappa shape index (κ1) is 21.9. The van der Waals surface area contributed by atoms with Crippen molar-refractivity contribution < 1.29 is 9.53 Å². The third kappa shape index (κ3) is 4.19. The topological polar surface area (TPSA) is 85.7 Å². The maximum Gasteiger partial charge on any atom is 0.173 e. The first-order valence-corrected chi connectivity index (χ1v) is 12.5. The van der Waals surface area contributed by atoms with Crippen LogP contribution in [0.1, 0.15) is 37.7 Å². The fourth-order valence-electron chi connectivity index (χ4n) is 4.67. The molecule has 4 aromatic heterocycles. The van der Waals surface area contributed by atoms with Crippen LogP contribution in [0.15, 0.2) is 49.1 Å². The maximum absolute atomic E-state index is 12.8. The number of nitrogens with one attached hydrogen (secondary N) is 1. The van der Waals surface area contributed by atoms with Crippen LogP contribution in [0.3, 0.4) is 0 Å². The number of rotatable bonds is 6. The number of carbonyl (C=O) groups is 1. The summed E-state index contributed by atoms with van der Waals surface area (Å²) >= 11 is 1.63. The number of hydrogen-bond donors (Lipinski definition) is 1. The minimum atomic E-state index is 0.209. The van der Waals surface area contributed by atoms with E-state index in [1.807, 2.05) is 25.5 Å². The summed E-state index contributed by atoms with van der Waals surface area (Å²) in [6, 6.07) is 10.5. The number of aromatic nitrogens is 5. The Morgan fingerprint density at radius 1 is 1.20 bits per heavy atom. The molecule has 5 heterocycles. The number of aryl methyl sites for hydroxylation is 3. The van der Waals surface area contributed by atoms with Crippen molar-refractivity contribution in [1.82, 2.24) is 24.7 Å². The molecule has 0 bridgehead atoms. The van der Waals surface area contributed by atoms with Gasteiger partial charge in [0, 0.05) is 47.5 Å². The van der Waals surface area contributed by atoms with Crippen molar-refractivity contribution >= 4 is 28.2 Å². The number of benzene rings is 1. The third-order valence-electron chi connectivity index (χ3n) is 6.58. The molecule has 0 unspecified atom stereocenters. The molecule has 8 heteroatoms. The van der Waals surface area contributed by atoms with Crippen molar-refractivity contribution in [3.05, 3.63) is 75.5 Å². The van der Waals surface area contributed by atoms with Gasteiger partial charge in [-0.1, -0.05) is 12.1 Å². The highest BCUT2D eigenvalue weighted by Gasteiger charge is 2.18. The molecule has 0 atom stereocenters. The van der Waals surface area contributed by atoms with E-state index in [0.29, 0.717) is 13.0 Å². The molecule has 0 fully saturated rings. The van der Waals surface area contributed by atoms with Gasteiger partial charge < -0.3 is 9.72 Å². The first-order chi connectivity index (χ1) is 17.0. The minimum absolute atomic E-state index is 0.209. The van der Waals surface area contributed by atoms with Gasteiger partial charge in [-0.05, 0) is 48.2 Å². The van der Waals surface area contributed by atoms with E-state index in [-0.39, 0.29) is 5.78 Å². The summed E-state index contributed by atoms with van der Waals surface area (Å²) in [5.74, 6) is 0.209. The number of fused-ring (bicyclic) bond motifs is 2. The Labute approximate surface area is 206 Å². The molecule has 0 amide bonds. The van der Waals surface area contributed by atoms with E-state index in [4.69, 9.17) is 4.74 Å². The van der Waals surface area contributed by atoms with Crippen LogP contribution in [0.25, 0.3) is 33.5 Å². The fraction of sp³-hybridized carbons (Fsp3) is 0.259. The second-order valence-electron chi connectivity index (χ2n) is 9.00. The third-order valence-corrected chi connectivity index (χ3v) is 7.86. The standard InChI is InChI=1S/C27H25N5O2S/c1-16-9-18(26-21-11-22(20-12-30-32(2)13-20)31-27(21)29-15-28-26)4-3-17(16)5-6-23(33)25-10-19-14-34-8-7-24(19)35-25/h3-4,9-13,15H,5-8,14H2,1-2H3,(H,28,29,31). The highest BCUT2D eigenvalue weighted by atomic mass is 32.1. The number of Topliss-reactive ketones (excluding diaryl/α,β-unsaturated/α-hetero) is 1. The van der Waals surface area contributed by atoms with Gasteiger partial charge in [0.05, 0.1) is 35.7 Å². The van der Waals surface area contributed by atoms with Gasteiger partial charge in [-0.2, -0.15) is 5.10 Å². The SMILES string of the molecule is Cc1cc(-c2ncnc3[nH]c(-c4cnn(C)c4)cc23)ccc1CCC(=O)c1cc2c(s1)CCOC2. The lowest BCUT2D eigenvalue weighted by molar-refractivity contribution is 0.0986. The van der Waals surface area contributed by atoms with Gasteiger partial charge in [0.1, 0.15) is 12.0 Å². The molecule has 1 aliphatic rings. The monoisotopic (exact) mass is 483 g/mol. The predicted octanol–water partition coefficient (Wildman–Crippen LogP) is 5.28. The zero-order valence-corrected chi connectivity index (χ0v) is 20.5. The van der Waals surface area contributed by atoms with Gasteiger partial charge in [-0.15, -0.1) is 11.3 Å². The van der Waals surface area contributed by atoms with Gasteiger partial charge in [0.25, 0.3) is 0 Å². The van der Waals surface area contributed by atoms with Gasteiger partial charge in [0.15, 0.2) is 5.78 Å². The zero-order chi connectivity index (χ0) is 23.9. The van der Waals surface area contributed by atoms with E-state index in [2.05, 4.69) is 51.2 Å². The summed E-state index contributed by atoms with van der Waals surface area (Å²) in [7, 11) is 1.90. The number of ketones is 1. The van der Waals surface area contributed by atoms with Crippen LogP contribution >= 0.6 is 11.3 Å². The van der Waals surface area contributed by atoms with Crippen LogP contribution < -0.4 is 0 Å². The quantitative estimate of drug-likeness (QED) is 0.332. The molecule has 0 aliphatic carbocycles. The molecule has 1 aliphatic heterocycles. The average molecular weight is 484 g/mol. The molecule has 7 nitrogen and oxygen atoms in total. The summed E-state index contributed by atoms with van der Waals surface area (Å²) in [4.78, 5) is 27.4. The first-order valence-electron chi connectivity index (χ1n) is 11.7. The van der Waals surface area contributed by atoms with E-state index in [1.54, 1.807) is 22.3 Å². The van der Waals surface area contributed by atoms with Gasteiger partial charge in [0.2, 0.25) is 0 Å². The van der Waals surface area contributed by atoms with Crippen molar-refractivity contribution in [3.8, 4) is 22.5 Å². The van der Waals surface area contributed by atoms with E-state index < -0.39 is 0 Å². The van der Waals surface area contributed by atoms with Crippen LogP contribution in [0.4, 0.5) is 0 Å². The summed E-state index contributed by atoms with van der Waals surface area (Å²) in [6.07, 6.45) is 7.53. The van der Waals surface area contributed by atoms with Crippen molar-refractivity contribution in [1.29, 1.82) is 0 Å². The van der Waals surface area contributed by atoms with E-state index in [9.17, 15) is 4.79 Å². The largest absolute Gasteiger partial charge is 0.376 e. The lowest BCUT2D eigenvalue weighted by atomic mass is 9.97. The predicted molar refractivity (Wildman–Crippen MR) is 137 cm³/mol. The highest BCUT2D eigenvalue weighted by Crippen LogP contribution is 2.31. The van der Waals surface area contributed by atoms with Crippen molar-refractivity contribution in [2.45, 2.75) is 32.8 Å². The maximum atomic E-state index is 12.8. The van der Waals surface area contributed by atoms with Crippen molar-refractivity contribution in [2.75, 3.05) is 6.61 Å². The number of aromatic amines is 1. The van der Waals surface area contributed by atoms with Gasteiger partial charge in [-0.25, -0.2) is 9.97 Å².